The Labute approximate surface area is 147 Å². The highest BCUT2D eigenvalue weighted by molar-refractivity contribution is 5.86. The van der Waals surface area contributed by atoms with Crippen LogP contribution in [0, 0.1) is 0 Å². The Kier molecular flexibility index (Phi) is 12.6. The van der Waals surface area contributed by atoms with E-state index in [9.17, 15) is 9.59 Å². The Morgan fingerprint density at radius 1 is 0.792 bits per heavy atom. The van der Waals surface area contributed by atoms with Crippen molar-refractivity contribution in [1.82, 2.24) is 9.80 Å². The van der Waals surface area contributed by atoms with Gasteiger partial charge in [0, 0.05) is 51.9 Å². The Hall–Kier alpha value is -1.78. The van der Waals surface area contributed by atoms with E-state index in [1.165, 1.54) is 0 Å². The highest BCUT2D eigenvalue weighted by Gasteiger charge is 2.25. The van der Waals surface area contributed by atoms with Crippen LogP contribution in [0.1, 0.15) is 32.6 Å². The second-order valence-corrected chi connectivity index (χ2v) is 5.68. The summed E-state index contributed by atoms with van der Waals surface area (Å²) in [7, 11) is 0. The van der Waals surface area contributed by atoms with Crippen LogP contribution in [0.5, 0.6) is 0 Å². The largest absolute Gasteiger partial charge is 0.300 e. The van der Waals surface area contributed by atoms with Gasteiger partial charge in [0.1, 0.15) is 11.6 Å². The van der Waals surface area contributed by atoms with Gasteiger partial charge in [0.2, 0.25) is 0 Å². The quantitative estimate of drug-likeness (QED) is 0.321. The number of rotatable bonds is 16. The van der Waals surface area contributed by atoms with E-state index in [1.807, 2.05) is 31.2 Å². The number of Topliss-reactive ketones (excluding diaryl/α,β-unsaturated/α-hetero) is 2. The number of hydrogen-bond acceptors (Lipinski definition) is 4. The van der Waals surface area contributed by atoms with Gasteiger partial charge in [-0.25, -0.2) is 0 Å². The number of ketones is 2. The summed E-state index contributed by atoms with van der Waals surface area (Å²) in [4.78, 5) is 28.1. The number of carbonyl (C=O) groups excluding carboxylic acids is 2. The third kappa shape index (κ3) is 8.75. The first kappa shape index (κ1) is 22.2. The van der Waals surface area contributed by atoms with Gasteiger partial charge in [-0.3, -0.25) is 19.4 Å². The Morgan fingerprint density at radius 2 is 1.17 bits per heavy atom. The standard InChI is InChI=1S/C20H32N2O2/c1-6-13-21(14-7-2)20(22(15-8-3)16-9-4)17-19(24)12-11-18(23)10-5/h6-9,20H,1-4,10-17H2,5H3. The summed E-state index contributed by atoms with van der Waals surface area (Å²) < 4.78 is 0. The molecule has 0 aromatic rings. The van der Waals surface area contributed by atoms with Gasteiger partial charge in [0.05, 0.1) is 6.17 Å². The average Bonchev–Trinajstić information content (AvgIpc) is 2.57. The van der Waals surface area contributed by atoms with E-state index in [1.54, 1.807) is 0 Å². The van der Waals surface area contributed by atoms with Crippen LogP contribution in [0.3, 0.4) is 0 Å². The van der Waals surface area contributed by atoms with Gasteiger partial charge in [-0.15, -0.1) is 26.3 Å². The van der Waals surface area contributed by atoms with Crippen molar-refractivity contribution < 1.29 is 9.59 Å². The molecule has 0 aromatic carbocycles. The first-order chi connectivity index (χ1) is 11.5. The first-order valence-corrected chi connectivity index (χ1v) is 8.49. The molecule has 0 spiro atoms. The predicted molar refractivity (Wildman–Crippen MR) is 102 cm³/mol. The SMILES string of the molecule is C=CCN(CC=C)C(CC(=O)CCC(=O)CC)N(CC=C)CC=C. The summed E-state index contributed by atoms with van der Waals surface area (Å²) in [5.41, 5.74) is 0. The molecule has 134 valence electrons. The normalized spacial score (nSPS) is 10.8. The molecular weight excluding hydrogens is 300 g/mol. The molecule has 0 heterocycles. The molecule has 4 heteroatoms. The highest BCUT2D eigenvalue weighted by Crippen LogP contribution is 2.14. The predicted octanol–water partition coefficient (Wildman–Crippen LogP) is 3.38. The summed E-state index contributed by atoms with van der Waals surface area (Å²) in [6, 6.07) is 0. The molecule has 0 radical (unpaired) electrons. The second kappa shape index (κ2) is 13.6. The van der Waals surface area contributed by atoms with Gasteiger partial charge in [-0.2, -0.15) is 0 Å². The minimum Gasteiger partial charge on any atom is -0.300 e. The minimum absolute atomic E-state index is 0.0954. The lowest BCUT2D eigenvalue weighted by molar-refractivity contribution is -0.125. The lowest BCUT2D eigenvalue weighted by Gasteiger charge is -2.38. The van der Waals surface area contributed by atoms with Crippen molar-refractivity contribution in [2.24, 2.45) is 0 Å². The van der Waals surface area contributed by atoms with E-state index < -0.39 is 0 Å². The van der Waals surface area contributed by atoms with Gasteiger partial charge in [0.25, 0.3) is 0 Å². The van der Waals surface area contributed by atoms with Crippen molar-refractivity contribution in [3.05, 3.63) is 50.6 Å². The maximum Gasteiger partial charge on any atom is 0.136 e. The van der Waals surface area contributed by atoms with Crippen molar-refractivity contribution >= 4 is 11.6 Å². The minimum atomic E-state index is -0.0961. The summed E-state index contributed by atoms with van der Waals surface area (Å²) in [6.07, 6.45) is 8.66. The van der Waals surface area contributed by atoms with Gasteiger partial charge in [-0.05, 0) is 0 Å². The maximum atomic E-state index is 12.4. The smallest absolute Gasteiger partial charge is 0.136 e. The van der Waals surface area contributed by atoms with Crippen LogP contribution in [-0.4, -0.2) is 53.7 Å². The zero-order valence-corrected chi connectivity index (χ0v) is 15.1. The molecule has 0 aliphatic carbocycles. The van der Waals surface area contributed by atoms with Gasteiger partial charge < -0.3 is 0 Å². The van der Waals surface area contributed by atoms with Crippen LogP contribution in [0.2, 0.25) is 0 Å². The fraction of sp³-hybridized carbons (Fsp3) is 0.500. The fourth-order valence-corrected chi connectivity index (χ4v) is 2.55. The first-order valence-electron chi connectivity index (χ1n) is 8.49. The lowest BCUT2D eigenvalue weighted by Crippen LogP contribution is -2.50. The maximum absolute atomic E-state index is 12.4. The third-order valence-electron chi connectivity index (χ3n) is 3.78. The highest BCUT2D eigenvalue weighted by atomic mass is 16.1. The van der Waals surface area contributed by atoms with Gasteiger partial charge >= 0.3 is 0 Å². The Morgan fingerprint density at radius 3 is 1.50 bits per heavy atom. The zero-order valence-electron chi connectivity index (χ0n) is 15.1. The summed E-state index contributed by atoms with van der Waals surface area (Å²) >= 11 is 0. The molecule has 0 amide bonds. The molecule has 0 bridgehead atoms. The number of carbonyl (C=O) groups is 2. The fourth-order valence-electron chi connectivity index (χ4n) is 2.55. The average molecular weight is 332 g/mol. The Bertz CT molecular complexity index is 399. The molecular formula is C20H32N2O2. The molecule has 4 nitrogen and oxygen atoms in total. The van der Waals surface area contributed by atoms with Crippen LogP contribution in [0.25, 0.3) is 0 Å². The van der Waals surface area contributed by atoms with E-state index in [2.05, 4.69) is 36.1 Å². The van der Waals surface area contributed by atoms with Crippen molar-refractivity contribution in [1.29, 1.82) is 0 Å². The molecule has 0 unspecified atom stereocenters. The number of hydrogen-bond donors (Lipinski definition) is 0. The van der Waals surface area contributed by atoms with E-state index in [0.29, 0.717) is 51.9 Å². The lowest BCUT2D eigenvalue weighted by atomic mass is 10.1. The van der Waals surface area contributed by atoms with Crippen molar-refractivity contribution in [2.45, 2.75) is 38.8 Å². The van der Waals surface area contributed by atoms with Crippen molar-refractivity contribution in [3.8, 4) is 0 Å². The molecule has 0 aliphatic rings. The third-order valence-corrected chi connectivity index (χ3v) is 3.78. The molecule has 0 saturated heterocycles. The van der Waals surface area contributed by atoms with Crippen LogP contribution < -0.4 is 0 Å². The molecule has 0 aromatic heterocycles. The summed E-state index contributed by atoms with van der Waals surface area (Å²) in [5, 5.41) is 0. The van der Waals surface area contributed by atoms with Crippen LogP contribution in [-0.2, 0) is 9.59 Å². The van der Waals surface area contributed by atoms with Crippen LogP contribution in [0.15, 0.2) is 50.6 Å². The topological polar surface area (TPSA) is 40.6 Å². The monoisotopic (exact) mass is 332 g/mol. The number of nitrogens with zero attached hydrogens (tertiary/aromatic N) is 2. The molecule has 24 heavy (non-hydrogen) atoms. The molecule has 0 saturated carbocycles. The molecule has 0 atom stereocenters. The van der Waals surface area contributed by atoms with Crippen LogP contribution >= 0.6 is 0 Å². The summed E-state index contributed by atoms with van der Waals surface area (Å²) in [6.45, 7) is 19.6. The summed E-state index contributed by atoms with van der Waals surface area (Å²) in [5.74, 6) is 0.223. The van der Waals surface area contributed by atoms with E-state index in [0.717, 1.165) is 0 Å². The van der Waals surface area contributed by atoms with Crippen molar-refractivity contribution in [3.63, 3.8) is 0 Å². The van der Waals surface area contributed by atoms with Gasteiger partial charge in [-0.1, -0.05) is 31.2 Å². The molecule has 0 aliphatic heterocycles. The van der Waals surface area contributed by atoms with E-state index in [4.69, 9.17) is 0 Å². The second-order valence-electron chi connectivity index (χ2n) is 5.68. The molecule has 0 N–H and O–H groups in total. The zero-order chi connectivity index (χ0) is 18.4. The van der Waals surface area contributed by atoms with Gasteiger partial charge in [0.15, 0.2) is 0 Å². The Balaban J connectivity index is 5.17. The van der Waals surface area contributed by atoms with Crippen LogP contribution in [0.4, 0.5) is 0 Å². The van der Waals surface area contributed by atoms with E-state index in [-0.39, 0.29) is 17.7 Å². The van der Waals surface area contributed by atoms with E-state index >= 15 is 0 Å². The molecule has 0 rings (SSSR count). The molecule has 0 fully saturated rings. The van der Waals surface area contributed by atoms with Crippen molar-refractivity contribution in [2.75, 3.05) is 26.2 Å².